The van der Waals surface area contributed by atoms with Crippen molar-refractivity contribution >= 4 is 18.4 Å². The van der Waals surface area contributed by atoms with Gasteiger partial charge in [-0.25, -0.2) is 0 Å². The molecule has 0 bridgehead atoms. The summed E-state index contributed by atoms with van der Waals surface area (Å²) in [6.07, 6.45) is 0. The summed E-state index contributed by atoms with van der Waals surface area (Å²) in [4.78, 5) is 10.8. The van der Waals surface area contributed by atoms with Gasteiger partial charge in [-0.15, -0.1) is 5.46 Å². The second-order valence-corrected chi connectivity index (χ2v) is 2.51. The number of ketones is 1. The molecular weight excluding hydrogens is 201 g/mol. The van der Waals surface area contributed by atoms with Gasteiger partial charge in [0.05, 0.1) is 0 Å². The largest absolute Gasteiger partial charge is 1.00 e. The molecule has 0 unspecified atom stereocenters. The first-order valence-corrected chi connectivity index (χ1v) is 3.54. The summed E-state index contributed by atoms with van der Waals surface area (Å²) in [5.74, 6) is -0.0742. The van der Waals surface area contributed by atoms with E-state index in [4.69, 9.17) is 0 Å². The maximum Gasteiger partial charge on any atom is 1.00 e. The van der Waals surface area contributed by atoms with Gasteiger partial charge in [-0.3, -0.25) is 4.79 Å². The van der Waals surface area contributed by atoms with Gasteiger partial charge in [-0.2, -0.15) is 0 Å². The van der Waals surface area contributed by atoms with Crippen LogP contribution in [0.25, 0.3) is 0 Å². The molecule has 1 aromatic rings. The van der Waals surface area contributed by atoms with Crippen molar-refractivity contribution in [2.75, 3.05) is 0 Å². The van der Waals surface area contributed by atoms with E-state index in [0.29, 0.717) is 5.56 Å². The maximum atomic E-state index is 10.8. The number of hydrogen-bond donors (Lipinski definition) is 0. The molecule has 0 spiro atoms. The number of Topliss-reactive ketones (excluding diaryl/α,β-unsaturated/α-hetero) is 1. The topological polar surface area (TPSA) is 63.2 Å². The van der Waals surface area contributed by atoms with Gasteiger partial charge in [0.15, 0.2) is 5.78 Å². The Hall–Kier alpha value is 0.875. The Morgan fingerprint density at radius 2 is 1.57 bits per heavy atom. The average Bonchev–Trinajstić information content (AvgIpc) is 2.04. The zero-order valence-corrected chi connectivity index (χ0v) is 12.6. The average molecular weight is 208 g/mol. The standard InChI is InChI=1S/C8H7BO3.2Na/c1-6(10)7-2-4-8(5-3-7)9(11)12;;/h2-5H,1H3;;/q-2;2*+1. The van der Waals surface area contributed by atoms with Crippen molar-refractivity contribution in [3.8, 4) is 0 Å². The first kappa shape index (κ1) is 17.3. The van der Waals surface area contributed by atoms with E-state index in [0.717, 1.165) is 0 Å². The number of hydrogen-bond acceptors (Lipinski definition) is 3. The second-order valence-electron chi connectivity index (χ2n) is 2.51. The van der Waals surface area contributed by atoms with Gasteiger partial charge in [-0.05, 0) is 6.92 Å². The van der Waals surface area contributed by atoms with Gasteiger partial charge in [-0.1, -0.05) is 31.4 Å². The van der Waals surface area contributed by atoms with Crippen molar-refractivity contribution in [1.82, 2.24) is 0 Å². The third-order valence-electron chi connectivity index (χ3n) is 1.59. The monoisotopic (exact) mass is 208 g/mol. The fraction of sp³-hybridized carbons (Fsp3) is 0.125. The Morgan fingerprint density at radius 3 is 1.86 bits per heavy atom. The van der Waals surface area contributed by atoms with E-state index in [9.17, 15) is 14.8 Å². The SMILES string of the molecule is CC(=O)c1ccc(B([O-])[O-])cc1.[Na+].[Na+]. The van der Waals surface area contributed by atoms with Gasteiger partial charge in [0.2, 0.25) is 0 Å². The molecule has 0 N–H and O–H groups in total. The molecule has 1 aromatic carbocycles. The van der Waals surface area contributed by atoms with Gasteiger partial charge in [0, 0.05) is 5.56 Å². The van der Waals surface area contributed by atoms with Crippen LogP contribution in [0.3, 0.4) is 0 Å². The molecule has 6 heteroatoms. The maximum absolute atomic E-state index is 10.8. The summed E-state index contributed by atoms with van der Waals surface area (Å²) >= 11 is 0. The molecule has 0 radical (unpaired) electrons. The number of carbonyl (C=O) groups is 1. The molecule has 0 aliphatic rings. The van der Waals surface area contributed by atoms with Crippen LogP contribution in [0, 0.1) is 0 Å². The first-order chi connectivity index (χ1) is 5.61. The van der Waals surface area contributed by atoms with Crippen molar-refractivity contribution in [2.24, 2.45) is 0 Å². The van der Waals surface area contributed by atoms with E-state index in [1.54, 1.807) is 0 Å². The third kappa shape index (κ3) is 5.10. The van der Waals surface area contributed by atoms with E-state index >= 15 is 0 Å². The Morgan fingerprint density at radius 1 is 1.14 bits per heavy atom. The van der Waals surface area contributed by atoms with Crippen LogP contribution in [0.1, 0.15) is 17.3 Å². The van der Waals surface area contributed by atoms with E-state index in [2.05, 4.69) is 0 Å². The minimum atomic E-state index is -1.97. The molecule has 0 aromatic heterocycles. The van der Waals surface area contributed by atoms with Gasteiger partial charge >= 0.3 is 59.1 Å². The number of benzene rings is 1. The third-order valence-corrected chi connectivity index (χ3v) is 1.59. The van der Waals surface area contributed by atoms with Gasteiger partial charge in [0.1, 0.15) is 0 Å². The van der Waals surface area contributed by atoms with Crippen LogP contribution in [-0.2, 0) is 0 Å². The Kier molecular flexibility index (Phi) is 9.97. The van der Waals surface area contributed by atoms with Crippen molar-refractivity contribution < 1.29 is 74.0 Å². The van der Waals surface area contributed by atoms with Gasteiger partial charge in [0.25, 0.3) is 0 Å². The van der Waals surface area contributed by atoms with Crippen LogP contribution in [0.15, 0.2) is 24.3 Å². The first-order valence-electron chi connectivity index (χ1n) is 3.54. The minimum Gasteiger partial charge on any atom is -0.889 e. The summed E-state index contributed by atoms with van der Waals surface area (Å²) in [5, 5.41) is 20.7. The second kappa shape index (κ2) is 8.08. The van der Waals surface area contributed by atoms with Crippen LogP contribution in [-0.4, -0.2) is 12.9 Å². The fourth-order valence-electron chi connectivity index (χ4n) is 0.875. The minimum absolute atomic E-state index is 0. The summed E-state index contributed by atoms with van der Waals surface area (Å²) in [6.45, 7) is 1.43. The predicted octanol–water partition coefficient (Wildman–Crippen LogP) is -7.69. The molecule has 1 rings (SSSR count). The van der Waals surface area contributed by atoms with Crippen molar-refractivity contribution in [1.29, 1.82) is 0 Å². The number of carbonyl (C=O) groups excluding carboxylic acids is 1. The molecule has 0 atom stereocenters. The van der Waals surface area contributed by atoms with Crippen LogP contribution < -0.4 is 74.6 Å². The normalized spacial score (nSPS) is 8.21. The molecule has 0 amide bonds. The Bertz CT molecular complexity index is 287. The molecule has 0 saturated carbocycles. The Balaban J connectivity index is 0. The summed E-state index contributed by atoms with van der Waals surface area (Å²) in [6, 6.07) is 5.75. The smallest absolute Gasteiger partial charge is 0.889 e. The van der Waals surface area contributed by atoms with Crippen LogP contribution in [0.4, 0.5) is 0 Å². The molecule has 0 aliphatic heterocycles. The molecule has 3 nitrogen and oxygen atoms in total. The quantitative estimate of drug-likeness (QED) is 0.358. The molecule has 0 heterocycles. The summed E-state index contributed by atoms with van der Waals surface area (Å²) in [7, 11) is -1.97. The zero-order chi connectivity index (χ0) is 9.14. The van der Waals surface area contributed by atoms with Crippen molar-refractivity contribution in [3.63, 3.8) is 0 Å². The Labute approximate surface area is 128 Å². The zero-order valence-electron chi connectivity index (χ0n) is 8.61. The van der Waals surface area contributed by atoms with Crippen molar-refractivity contribution in [2.45, 2.75) is 6.92 Å². The van der Waals surface area contributed by atoms with Crippen LogP contribution in [0.5, 0.6) is 0 Å². The molecule has 0 aliphatic carbocycles. The molecule has 0 fully saturated rings. The molecule has 14 heavy (non-hydrogen) atoms. The fourth-order valence-corrected chi connectivity index (χ4v) is 0.875. The molecular formula is C8H7BNa2O3. The van der Waals surface area contributed by atoms with E-state index < -0.39 is 7.12 Å². The van der Waals surface area contributed by atoms with E-state index in [1.807, 2.05) is 0 Å². The van der Waals surface area contributed by atoms with Gasteiger partial charge < -0.3 is 10.0 Å². The van der Waals surface area contributed by atoms with Crippen LogP contribution in [0.2, 0.25) is 0 Å². The van der Waals surface area contributed by atoms with E-state index in [-0.39, 0.29) is 70.4 Å². The van der Waals surface area contributed by atoms with Crippen LogP contribution >= 0.6 is 0 Å². The van der Waals surface area contributed by atoms with Crippen molar-refractivity contribution in [3.05, 3.63) is 29.8 Å². The molecule has 62 valence electrons. The summed E-state index contributed by atoms with van der Waals surface area (Å²) < 4.78 is 0. The number of rotatable bonds is 2. The van der Waals surface area contributed by atoms with E-state index in [1.165, 1.54) is 31.2 Å². The molecule has 0 saturated heterocycles. The predicted molar refractivity (Wildman–Crippen MR) is 41.8 cm³/mol. The summed E-state index contributed by atoms with van der Waals surface area (Å²) in [5.41, 5.74) is 0.680.